The summed E-state index contributed by atoms with van der Waals surface area (Å²) in [6.07, 6.45) is -4.47. The van der Waals surface area contributed by atoms with E-state index in [4.69, 9.17) is 4.74 Å². The fraction of sp³-hybridized carbons (Fsp3) is 0.292. The Morgan fingerprint density at radius 1 is 1.03 bits per heavy atom. The Hall–Kier alpha value is -3.22. The lowest BCUT2D eigenvalue weighted by Crippen LogP contribution is -2.30. The third-order valence-corrected chi connectivity index (χ3v) is 5.33. The van der Waals surface area contributed by atoms with Gasteiger partial charge in [-0.25, -0.2) is 0 Å². The lowest BCUT2D eigenvalue weighted by atomic mass is 9.97. The van der Waals surface area contributed by atoms with Crippen molar-refractivity contribution in [3.05, 3.63) is 65.2 Å². The van der Waals surface area contributed by atoms with Crippen LogP contribution in [0, 0.1) is 6.92 Å². The molecule has 3 aromatic carbocycles. The highest BCUT2D eigenvalue weighted by atomic mass is 19.4. The van der Waals surface area contributed by atoms with Gasteiger partial charge in [-0.3, -0.25) is 4.79 Å². The van der Waals surface area contributed by atoms with E-state index in [1.807, 2.05) is 39.0 Å². The zero-order valence-corrected chi connectivity index (χ0v) is 17.9. The van der Waals surface area contributed by atoms with Crippen molar-refractivity contribution in [2.24, 2.45) is 0 Å². The van der Waals surface area contributed by atoms with Gasteiger partial charge in [0.05, 0.1) is 18.4 Å². The number of anilines is 2. The van der Waals surface area contributed by atoms with E-state index in [9.17, 15) is 18.0 Å². The van der Waals surface area contributed by atoms with Crippen molar-refractivity contribution >= 4 is 28.1 Å². The standard InChI is InChI=1S/C24H25F3N2O2/c1-5-29(6-2)23(30)18-11-12-19(17-9-7-8-15(3)22(17)18)28-20-14-16(24(25,26)27)10-13-21(20)31-4/h7-14,28H,5-6H2,1-4H3. The molecule has 0 fully saturated rings. The number of amides is 1. The van der Waals surface area contributed by atoms with Gasteiger partial charge in [-0.05, 0) is 62.1 Å². The Kier molecular flexibility index (Phi) is 6.43. The molecule has 0 saturated heterocycles. The molecule has 0 aliphatic heterocycles. The van der Waals surface area contributed by atoms with E-state index >= 15 is 0 Å². The molecule has 0 aliphatic carbocycles. The molecule has 4 nitrogen and oxygen atoms in total. The molecule has 0 saturated carbocycles. The lowest BCUT2D eigenvalue weighted by molar-refractivity contribution is -0.137. The van der Waals surface area contributed by atoms with Gasteiger partial charge in [-0.2, -0.15) is 13.2 Å². The summed E-state index contributed by atoms with van der Waals surface area (Å²) in [5, 5.41) is 4.60. The maximum atomic E-state index is 13.2. The van der Waals surface area contributed by atoms with Crippen LogP contribution in [0.3, 0.4) is 0 Å². The Bertz CT molecular complexity index is 1110. The normalized spacial score (nSPS) is 11.5. The largest absolute Gasteiger partial charge is 0.495 e. The zero-order valence-electron chi connectivity index (χ0n) is 17.9. The van der Waals surface area contributed by atoms with Crippen molar-refractivity contribution in [1.29, 1.82) is 0 Å². The van der Waals surface area contributed by atoms with Crippen LogP contribution in [0.15, 0.2) is 48.5 Å². The third-order valence-electron chi connectivity index (χ3n) is 5.33. The molecule has 0 bridgehead atoms. The predicted octanol–water partition coefficient (Wildman–Crippen LogP) is 6.40. The summed E-state index contributed by atoms with van der Waals surface area (Å²) in [4.78, 5) is 14.8. The van der Waals surface area contributed by atoms with Gasteiger partial charge in [0, 0.05) is 29.7 Å². The molecule has 0 aromatic heterocycles. The van der Waals surface area contributed by atoms with Crippen molar-refractivity contribution in [3.8, 4) is 5.75 Å². The van der Waals surface area contributed by atoms with Crippen LogP contribution in [-0.4, -0.2) is 31.0 Å². The fourth-order valence-electron chi connectivity index (χ4n) is 3.68. The summed E-state index contributed by atoms with van der Waals surface area (Å²) in [5.41, 5.74) is 1.49. The number of fused-ring (bicyclic) bond motifs is 1. The highest BCUT2D eigenvalue weighted by molar-refractivity contribution is 6.12. The number of carbonyl (C=O) groups excluding carboxylic acids is 1. The first kappa shape index (κ1) is 22.5. The summed E-state index contributed by atoms with van der Waals surface area (Å²) in [6, 6.07) is 12.4. The molecule has 3 rings (SSSR count). The second kappa shape index (κ2) is 8.88. The van der Waals surface area contributed by atoms with E-state index < -0.39 is 11.7 Å². The van der Waals surface area contributed by atoms with Gasteiger partial charge in [-0.1, -0.05) is 18.2 Å². The van der Waals surface area contributed by atoms with Crippen LogP contribution < -0.4 is 10.1 Å². The Labute approximate surface area is 179 Å². The molecule has 31 heavy (non-hydrogen) atoms. The van der Waals surface area contributed by atoms with Gasteiger partial charge >= 0.3 is 6.18 Å². The molecule has 3 aromatic rings. The summed E-state index contributed by atoms with van der Waals surface area (Å²) in [7, 11) is 1.40. The Balaban J connectivity index is 2.15. The van der Waals surface area contributed by atoms with Gasteiger partial charge in [0.2, 0.25) is 0 Å². The average Bonchev–Trinajstić information content (AvgIpc) is 2.74. The Morgan fingerprint density at radius 2 is 1.74 bits per heavy atom. The highest BCUT2D eigenvalue weighted by Gasteiger charge is 2.31. The number of hydrogen-bond acceptors (Lipinski definition) is 3. The fourth-order valence-corrected chi connectivity index (χ4v) is 3.68. The molecule has 7 heteroatoms. The number of methoxy groups -OCH3 is 1. The van der Waals surface area contributed by atoms with E-state index in [-0.39, 0.29) is 17.3 Å². The number of ether oxygens (including phenoxy) is 1. The van der Waals surface area contributed by atoms with Gasteiger partial charge < -0.3 is 15.0 Å². The van der Waals surface area contributed by atoms with Crippen LogP contribution in [0.4, 0.5) is 24.5 Å². The van der Waals surface area contributed by atoms with Crippen LogP contribution in [0.2, 0.25) is 0 Å². The molecule has 1 amide bonds. The molecule has 0 radical (unpaired) electrons. The quantitative estimate of drug-likeness (QED) is 0.492. The molecular weight excluding hydrogens is 405 g/mol. The molecule has 0 unspecified atom stereocenters. The smallest absolute Gasteiger partial charge is 0.416 e. The zero-order chi connectivity index (χ0) is 22.8. The second-order valence-electron chi connectivity index (χ2n) is 7.17. The topological polar surface area (TPSA) is 41.6 Å². The maximum absolute atomic E-state index is 13.2. The number of carbonyl (C=O) groups is 1. The van der Waals surface area contributed by atoms with Gasteiger partial charge in [-0.15, -0.1) is 0 Å². The van der Waals surface area contributed by atoms with Crippen LogP contribution in [0.25, 0.3) is 10.8 Å². The molecule has 0 spiro atoms. The van der Waals surface area contributed by atoms with Crippen LogP contribution in [0.1, 0.15) is 35.3 Å². The first-order valence-electron chi connectivity index (χ1n) is 10.0. The summed E-state index contributed by atoms with van der Waals surface area (Å²) < 4.78 is 44.9. The van der Waals surface area contributed by atoms with Crippen molar-refractivity contribution in [2.45, 2.75) is 26.9 Å². The van der Waals surface area contributed by atoms with Crippen molar-refractivity contribution in [1.82, 2.24) is 4.90 Å². The van der Waals surface area contributed by atoms with Gasteiger partial charge in [0.1, 0.15) is 5.75 Å². The number of hydrogen-bond donors (Lipinski definition) is 1. The third kappa shape index (κ3) is 4.45. The number of nitrogens with zero attached hydrogens (tertiary/aromatic N) is 1. The summed E-state index contributed by atoms with van der Waals surface area (Å²) in [5.74, 6) is 0.213. The lowest BCUT2D eigenvalue weighted by Gasteiger charge is -2.22. The van der Waals surface area contributed by atoms with Crippen molar-refractivity contribution in [3.63, 3.8) is 0 Å². The van der Waals surface area contributed by atoms with Gasteiger partial charge in [0.15, 0.2) is 0 Å². The number of aryl methyl sites for hydroxylation is 1. The van der Waals surface area contributed by atoms with E-state index in [0.717, 1.165) is 28.5 Å². The summed E-state index contributed by atoms with van der Waals surface area (Å²) >= 11 is 0. The number of halogens is 3. The predicted molar refractivity (Wildman–Crippen MR) is 117 cm³/mol. The van der Waals surface area contributed by atoms with Gasteiger partial charge in [0.25, 0.3) is 5.91 Å². The minimum Gasteiger partial charge on any atom is -0.495 e. The molecule has 0 atom stereocenters. The van der Waals surface area contributed by atoms with Crippen LogP contribution >= 0.6 is 0 Å². The Morgan fingerprint density at radius 3 is 2.35 bits per heavy atom. The SMILES string of the molecule is CCN(CC)C(=O)c1ccc(Nc2cc(C(F)(F)F)ccc2OC)c2cccc(C)c12. The number of nitrogens with one attached hydrogen (secondary N) is 1. The summed E-state index contributed by atoms with van der Waals surface area (Å²) in [6.45, 7) is 6.93. The first-order valence-corrected chi connectivity index (χ1v) is 10.0. The van der Waals surface area contributed by atoms with Crippen LogP contribution in [0.5, 0.6) is 5.75 Å². The minimum absolute atomic E-state index is 0.0764. The number of alkyl halides is 3. The molecule has 0 aliphatic rings. The van der Waals surface area contributed by atoms with Crippen LogP contribution in [-0.2, 0) is 6.18 Å². The molecule has 164 valence electrons. The van der Waals surface area contributed by atoms with E-state index in [2.05, 4.69) is 5.32 Å². The van der Waals surface area contributed by atoms with Crippen molar-refractivity contribution < 1.29 is 22.7 Å². The monoisotopic (exact) mass is 430 g/mol. The number of benzene rings is 3. The van der Waals surface area contributed by atoms with Crippen molar-refractivity contribution in [2.75, 3.05) is 25.5 Å². The molecule has 0 heterocycles. The maximum Gasteiger partial charge on any atom is 0.416 e. The second-order valence-corrected chi connectivity index (χ2v) is 7.17. The minimum atomic E-state index is -4.47. The highest BCUT2D eigenvalue weighted by Crippen LogP contribution is 2.38. The molecule has 1 N–H and O–H groups in total. The van der Waals surface area contributed by atoms with E-state index in [1.165, 1.54) is 13.2 Å². The number of rotatable bonds is 6. The average molecular weight is 430 g/mol. The van der Waals surface area contributed by atoms with E-state index in [0.29, 0.717) is 24.3 Å². The molecular formula is C24H25F3N2O2. The first-order chi connectivity index (χ1) is 14.7. The van der Waals surface area contributed by atoms with E-state index in [1.54, 1.807) is 17.0 Å².